The Kier molecular flexibility index (Phi) is 7.72. The van der Waals surface area contributed by atoms with Crippen molar-refractivity contribution in [1.82, 2.24) is 10.2 Å². The molecular weight excluding hydrogens is 463 g/mol. The predicted octanol–water partition coefficient (Wildman–Crippen LogP) is 5.15. The van der Waals surface area contributed by atoms with Gasteiger partial charge in [-0.2, -0.15) is 13.2 Å². The molecule has 2 aromatic carbocycles. The number of nitrogens with zero attached hydrogens (tertiary/aromatic N) is 1. The van der Waals surface area contributed by atoms with Crippen molar-refractivity contribution in [1.29, 1.82) is 0 Å². The zero-order chi connectivity index (χ0) is 25.8. The number of carbonyl (C=O) groups excluding carboxylic acids is 3. The first kappa shape index (κ1) is 26.1. The van der Waals surface area contributed by atoms with E-state index in [-0.39, 0.29) is 17.9 Å². The zero-order valence-corrected chi connectivity index (χ0v) is 19.7. The predicted molar refractivity (Wildman–Crippen MR) is 124 cm³/mol. The van der Waals surface area contributed by atoms with Crippen LogP contribution in [0.1, 0.15) is 49.5 Å². The molecule has 0 aliphatic carbocycles. The highest BCUT2D eigenvalue weighted by Gasteiger charge is 2.36. The molecule has 0 radical (unpaired) electrons. The molecule has 0 aromatic heterocycles. The maximum Gasteiger partial charge on any atom is 0.416 e. The van der Waals surface area contributed by atoms with Gasteiger partial charge in [0.25, 0.3) is 5.91 Å². The highest BCUT2D eigenvalue weighted by Crippen LogP contribution is 2.31. The van der Waals surface area contributed by atoms with Crippen molar-refractivity contribution in [3.8, 4) is 0 Å². The van der Waals surface area contributed by atoms with Crippen molar-refractivity contribution in [2.75, 3.05) is 18.4 Å². The molecule has 3 rings (SSSR count). The quantitative estimate of drug-likeness (QED) is 0.584. The van der Waals surface area contributed by atoms with Gasteiger partial charge in [0.1, 0.15) is 5.60 Å². The lowest BCUT2D eigenvalue weighted by molar-refractivity contribution is -0.137. The summed E-state index contributed by atoms with van der Waals surface area (Å²) in [7, 11) is 0. The number of anilines is 2. The maximum absolute atomic E-state index is 12.8. The van der Waals surface area contributed by atoms with Crippen molar-refractivity contribution in [2.45, 2.75) is 51.4 Å². The van der Waals surface area contributed by atoms with Crippen LogP contribution < -0.4 is 10.6 Å². The Morgan fingerprint density at radius 2 is 1.69 bits per heavy atom. The van der Waals surface area contributed by atoms with E-state index in [0.717, 1.165) is 12.1 Å². The van der Waals surface area contributed by atoms with E-state index in [4.69, 9.17) is 4.74 Å². The Morgan fingerprint density at radius 1 is 1.03 bits per heavy atom. The lowest BCUT2D eigenvalue weighted by atomic mass is 10.1. The molecule has 7 nitrogen and oxygen atoms in total. The lowest BCUT2D eigenvalue weighted by Crippen LogP contribution is -2.46. The van der Waals surface area contributed by atoms with Gasteiger partial charge in [0.05, 0.1) is 29.4 Å². The lowest BCUT2D eigenvalue weighted by Gasteiger charge is -2.28. The minimum Gasteiger partial charge on any atom is -0.444 e. The fourth-order valence-corrected chi connectivity index (χ4v) is 3.71. The van der Waals surface area contributed by atoms with Crippen molar-refractivity contribution in [2.24, 2.45) is 0 Å². The van der Waals surface area contributed by atoms with Crippen LogP contribution in [0.25, 0.3) is 0 Å². The number of Topliss-reactive ketones (excluding diaryl/α,β-unsaturated/α-hetero) is 1. The van der Waals surface area contributed by atoms with Gasteiger partial charge in [0, 0.05) is 12.2 Å². The zero-order valence-electron chi connectivity index (χ0n) is 19.7. The van der Waals surface area contributed by atoms with Crippen molar-refractivity contribution < 1.29 is 32.3 Å². The summed E-state index contributed by atoms with van der Waals surface area (Å²) in [6.07, 6.45) is -3.86. The number of ether oxygens (including phenoxy) is 1. The molecule has 2 amide bonds. The average molecular weight is 492 g/mol. The Balaban J connectivity index is 1.63. The van der Waals surface area contributed by atoms with Gasteiger partial charge in [-0.3, -0.25) is 14.5 Å². The van der Waals surface area contributed by atoms with Crippen LogP contribution in [0, 0.1) is 0 Å². The minimum atomic E-state index is -4.44. The van der Waals surface area contributed by atoms with Gasteiger partial charge in [-0.15, -0.1) is 0 Å². The molecule has 2 aromatic rings. The summed E-state index contributed by atoms with van der Waals surface area (Å²) >= 11 is 0. The summed E-state index contributed by atoms with van der Waals surface area (Å²) in [5.74, 6) is -0.843. The first-order valence-corrected chi connectivity index (χ1v) is 11.2. The minimum absolute atomic E-state index is 0.218. The summed E-state index contributed by atoms with van der Waals surface area (Å²) in [6, 6.07) is 10.2. The Bertz CT molecular complexity index is 1080. The number of ketones is 1. The van der Waals surface area contributed by atoms with Crippen LogP contribution >= 0.6 is 0 Å². The van der Waals surface area contributed by atoms with Crippen LogP contribution in [0.4, 0.5) is 29.3 Å². The summed E-state index contributed by atoms with van der Waals surface area (Å²) < 4.78 is 43.7. The monoisotopic (exact) mass is 491 g/mol. The topological polar surface area (TPSA) is 87.7 Å². The molecule has 1 heterocycles. The number of rotatable bonds is 6. The van der Waals surface area contributed by atoms with Gasteiger partial charge < -0.3 is 15.4 Å². The van der Waals surface area contributed by atoms with Crippen LogP contribution in [-0.4, -0.2) is 47.4 Å². The highest BCUT2D eigenvalue weighted by molar-refractivity contribution is 6.02. The fraction of sp³-hybridized carbons (Fsp3) is 0.400. The summed E-state index contributed by atoms with van der Waals surface area (Å²) in [5.41, 5.74) is -0.511. The molecule has 10 heteroatoms. The van der Waals surface area contributed by atoms with E-state index in [1.807, 2.05) is 0 Å². The van der Waals surface area contributed by atoms with E-state index >= 15 is 0 Å². The van der Waals surface area contributed by atoms with Gasteiger partial charge >= 0.3 is 12.3 Å². The highest BCUT2D eigenvalue weighted by atomic mass is 19.4. The number of amides is 2. The number of benzene rings is 2. The molecule has 35 heavy (non-hydrogen) atoms. The average Bonchev–Trinajstić information content (AvgIpc) is 3.27. The smallest absolute Gasteiger partial charge is 0.416 e. The van der Waals surface area contributed by atoms with E-state index in [1.54, 1.807) is 39.0 Å². The maximum atomic E-state index is 12.8. The van der Waals surface area contributed by atoms with Gasteiger partial charge in [-0.1, -0.05) is 12.1 Å². The summed E-state index contributed by atoms with van der Waals surface area (Å²) in [5, 5.41) is 5.52. The van der Waals surface area contributed by atoms with Crippen LogP contribution in [0.5, 0.6) is 0 Å². The molecule has 1 atom stereocenters. The van der Waals surface area contributed by atoms with E-state index in [0.29, 0.717) is 30.8 Å². The molecule has 1 aliphatic rings. The molecule has 0 saturated carbocycles. The van der Waals surface area contributed by atoms with E-state index in [9.17, 15) is 27.6 Å². The van der Waals surface area contributed by atoms with Crippen LogP contribution in [-0.2, 0) is 15.7 Å². The molecule has 0 spiro atoms. The van der Waals surface area contributed by atoms with Gasteiger partial charge in [0.15, 0.2) is 5.78 Å². The second-order valence-corrected chi connectivity index (χ2v) is 9.23. The van der Waals surface area contributed by atoms with E-state index < -0.39 is 35.4 Å². The van der Waals surface area contributed by atoms with E-state index in [1.165, 1.54) is 23.1 Å². The van der Waals surface area contributed by atoms with Crippen LogP contribution in [0.15, 0.2) is 48.5 Å². The largest absolute Gasteiger partial charge is 0.444 e. The first-order chi connectivity index (χ1) is 16.3. The third kappa shape index (κ3) is 6.97. The number of hydrogen-bond donors (Lipinski definition) is 2. The first-order valence-electron chi connectivity index (χ1n) is 11.2. The Morgan fingerprint density at radius 3 is 2.31 bits per heavy atom. The summed E-state index contributed by atoms with van der Waals surface area (Å²) in [6.45, 7) is 5.35. The molecule has 1 aliphatic heterocycles. The molecular formula is C25H28F3N3O4. The molecule has 1 fully saturated rings. The third-order valence-corrected chi connectivity index (χ3v) is 5.34. The van der Waals surface area contributed by atoms with E-state index in [2.05, 4.69) is 10.6 Å². The number of hydrogen-bond acceptors (Lipinski definition) is 5. The van der Waals surface area contributed by atoms with Crippen molar-refractivity contribution in [3.63, 3.8) is 0 Å². The van der Waals surface area contributed by atoms with Crippen molar-refractivity contribution in [3.05, 3.63) is 59.7 Å². The second-order valence-electron chi connectivity index (χ2n) is 9.23. The van der Waals surface area contributed by atoms with Crippen molar-refractivity contribution >= 4 is 29.2 Å². The second kappa shape index (κ2) is 10.4. The number of carbonyl (C=O) groups is 3. The Hall–Kier alpha value is -3.56. The molecule has 1 saturated heterocycles. The van der Waals surface area contributed by atoms with Crippen LogP contribution in [0.2, 0.25) is 0 Å². The number of para-hydroxylation sites is 1. The molecule has 188 valence electrons. The third-order valence-electron chi connectivity index (χ3n) is 5.34. The molecule has 1 unspecified atom stereocenters. The standard InChI is InChI=1S/C25H28F3N3O4/c1-24(2,3)35-23(34)31-14-6-9-20(31)21(32)15-29-22(33)18-7-4-5-8-19(18)30-17-12-10-16(11-13-17)25(26,27)28/h4-5,7-8,10-13,20,30H,6,9,14-15H2,1-3H3,(H,29,33). The number of likely N-dealkylation sites (tertiary alicyclic amines) is 1. The number of halogens is 3. The van der Waals surface area contributed by atoms with Gasteiger partial charge in [-0.05, 0) is 70.0 Å². The SMILES string of the molecule is CC(C)(C)OC(=O)N1CCCC1C(=O)CNC(=O)c1ccccc1Nc1ccc(C(F)(F)F)cc1. The molecule has 0 bridgehead atoms. The Labute approximate surface area is 201 Å². The number of alkyl halides is 3. The number of nitrogens with one attached hydrogen (secondary N) is 2. The summed E-state index contributed by atoms with van der Waals surface area (Å²) in [4.78, 5) is 39.4. The van der Waals surface area contributed by atoms with Gasteiger partial charge in [0.2, 0.25) is 0 Å². The van der Waals surface area contributed by atoms with Gasteiger partial charge in [-0.25, -0.2) is 4.79 Å². The molecule has 2 N–H and O–H groups in total. The van der Waals surface area contributed by atoms with Crippen LogP contribution in [0.3, 0.4) is 0 Å². The fourth-order valence-electron chi connectivity index (χ4n) is 3.71. The normalized spacial score (nSPS) is 16.1.